The zero-order chi connectivity index (χ0) is 11.7. The molecule has 0 aliphatic carbocycles. The van der Waals surface area contributed by atoms with E-state index in [2.05, 4.69) is 10.3 Å². The molecular formula is C13H9ClN2S. The molecule has 2 aromatic carbocycles. The van der Waals surface area contributed by atoms with Crippen molar-refractivity contribution in [1.82, 2.24) is 4.98 Å². The summed E-state index contributed by atoms with van der Waals surface area (Å²) < 4.78 is 1.09. The van der Waals surface area contributed by atoms with Gasteiger partial charge in [0, 0.05) is 10.7 Å². The summed E-state index contributed by atoms with van der Waals surface area (Å²) in [7, 11) is 0. The minimum Gasteiger partial charge on any atom is -0.332 e. The Morgan fingerprint density at radius 1 is 1.06 bits per heavy atom. The molecule has 1 aromatic heterocycles. The van der Waals surface area contributed by atoms with Crippen molar-refractivity contribution in [3.8, 4) is 0 Å². The highest BCUT2D eigenvalue weighted by Gasteiger charge is 2.04. The van der Waals surface area contributed by atoms with E-state index in [9.17, 15) is 0 Å². The fraction of sp³-hybridized carbons (Fsp3) is 0. The van der Waals surface area contributed by atoms with Gasteiger partial charge in [0.05, 0.1) is 10.2 Å². The molecule has 1 heterocycles. The van der Waals surface area contributed by atoms with E-state index in [1.807, 2.05) is 48.5 Å². The highest BCUT2D eigenvalue weighted by molar-refractivity contribution is 7.22. The highest BCUT2D eigenvalue weighted by Crippen LogP contribution is 2.29. The SMILES string of the molecule is Clc1ccc2nc(Nc3ccccc3)sc2c1. The van der Waals surface area contributed by atoms with Gasteiger partial charge in [-0.1, -0.05) is 41.1 Å². The van der Waals surface area contributed by atoms with Crippen molar-refractivity contribution in [2.24, 2.45) is 0 Å². The smallest absolute Gasteiger partial charge is 0.188 e. The molecule has 0 bridgehead atoms. The molecule has 3 rings (SSSR count). The molecule has 0 aliphatic rings. The van der Waals surface area contributed by atoms with Gasteiger partial charge < -0.3 is 5.32 Å². The molecule has 0 saturated carbocycles. The first-order chi connectivity index (χ1) is 8.31. The van der Waals surface area contributed by atoms with E-state index in [1.54, 1.807) is 11.3 Å². The van der Waals surface area contributed by atoms with E-state index in [0.29, 0.717) is 0 Å². The molecular weight excluding hydrogens is 252 g/mol. The molecule has 3 aromatic rings. The lowest BCUT2D eigenvalue weighted by molar-refractivity contribution is 1.44. The Morgan fingerprint density at radius 3 is 2.71 bits per heavy atom. The Kier molecular flexibility index (Phi) is 2.71. The van der Waals surface area contributed by atoms with E-state index in [-0.39, 0.29) is 0 Å². The van der Waals surface area contributed by atoms with Gasteiger partial charge in [-0.25, -0.2) is 4.98 Å². The van der Waals surface area contributed by atoms with Crippen LogP contribution in [0.25, 0.3) is 10.2 Å². The monoisotopic (exact) mass is 260 g/mol. The number of para-hydroxylation sites is 1. The molecule has 0 saturated heterocycles. The van der Waals surface area contributed by atoms with Gasteiger partial charge in [0.2, 0.25) is 0 Å². The van der Waals surface area contributed by atoms with Crippen molar-refractivity contribution in [3.05, 3.63) is 53.6 Å². The number of nitrogens with one attached hydrogen (secondary N) is 1. The Balaban J connectivity index is 1.96. The van der Waals surface area contributed by atoms with Gasteiger partial charge in [0.1, 0.15) is 0 Å². The fourth-order valence-electron chi connectivity index (χ4n) is 1.60. The molecule has 84 valence electrons. The normalized spacial score (nSPS) is 10.6. The number of aromatic nitrogens is 1. The average molecular weight is 261 g/mol. The maximum Gasteiger partial charge on any atom is 0.188 e. The summed E-state index contributed by atoms with van der Waals surface area (Å²) in [6.07, 6.45) is 0. The molecule has 1 N–H and O–H groups in total. The van der Waals surface area contributed by atoms with Gasteiger partial charge >= 0.3 is 0 Å². The third kappa shape index (κ3) is 2.25. The van der Waals surface area contributed by atoms with Crippen LogP contribution in [-0.2, 0) is 0 Å². The molecule has 0 fully saturated rings. The van der Waals surface area contributed by atoms with Crippen molar-refractivity contribution in [1.29, 1.82) is 0 Å². The summed E-state index contributed by atoms with van der Waals surface area (Å²) in [6, 6.07) is 15.7. The highest BCUT2D eigenvalue weighted by atomic mass is 35.5. The first kappa shape index (κ1) is 10.6. The molecule has 4 heteroatoms. The van der Waals surface area contributed by atoms with E-state index in [1.165, 1.54) is 0 Å². The molecule has 0 radical (unpaired) electrons. The van der Waals surface area contributed by atoms with Crippen LogP contribution in [0, 0.1) is 0 Å². The fourth-order valence-corrected chi connectivity index (χ4v) is 2.76. The molecule has 0 aliphatic heterocycles. The van der Waals surface area contributed by atoms with Crippen molar-refractivity contribution in [3.63, 3.8) is 0 Å². The molecule has 0 amide bonds. The number of fused-ring (bicyclic) bond motifs is 1. The van der Waals surface area contributed by atoms with E-state index < -0.39 is 0 Å². The second-order valence-corrected chi connectivity index (χ2v) is 5.09. The van der Waals surface area contributed by atoms with Crippen molar-refractivity contribution >= 4 is 44.0 Å². The third-order valence-electron chi connectivity index (χ3n) is 2.38. The maximum absolute atomic E-state index is 5.95. The van der Waals surface area contributed by atoms with Crippen molar-refractivity contribution in [2.45, 2.75) is 0 Å². The van der Waals surface area contributed by atoms with E-state index in [0.717, 1.165) is 26.1 Å². The quantitative estimate of drug-likeness (QED) is 0.723. The van der Waals surface area contributed by atoms with Gasteiger partial charge in [-0.15, -0.1) is 0 Å². The Morgan fingerprint density at radius 2 is 1.88 bits per heavy atom. The minimum absolute atomic E-state index is 0.743. The van der Waals surface area contributed by atoms with E-state index in [4.69, 9.17) is 11.6 Å². The largest absolute Gasteiger partial charge is 0.332 e. The molecule has 0 spiro atoms. The van der Waals surface area contributed by atoms with Gasteiger partial charge in [-0.2, -0.15) is 0 Å². The third-order valence-corrected chi connectivity index (χ3v) is 3.54. The van der Waals surface area contributed by atoms with Gasteiger partial charge in [-0.3, -0.25) is 0 Å². The second kappa shape index (κ2) is 4.35. The van der Waals surface area contributed by atoms with Crippen molar-refractivity contribution in [2.75, 3.05) is 5.32 Å². The molecule has 0 atom stereocenters. The van der Waals surface area contributed by atoms with Gasteiger partial charge in [-0.05, 0) is 30.3 Å². The number of benzene rings is 2. The van der Waals surface area contributed by atoms with Gasteiger partial charge in [0.25, 0.3) is 0 Å². The number of nitrogens with zero attached hydrogens (tertiary/aromatic N) is 1. The minimum atomic E-state index is 0.743. The predicted octanol–water partition coefficient (Wildman–Crippen LogP) is 4.69. The number of hydrogen-bond donors (Lipinski definition) is 1. The maximum atomic E-state index is 5.95. The number of anilines is 2. The lowest BCUT2D eigenvalue weighted by Crippen LogP contribution is -1.87. The zero-order valence-electron chi connectivity index (χ0n) is 8.85. The summed E-state index contributed by atoms with van der Waals surface area (Å²) in [5, 5.41) is 4.90. The van der Waals surface area contributed by atoms with Crippen LogP contribution in [0.1, 0.15) is 0 Å². The molecule has 17 heavy (non-hydrogen) atoms. The molecule has 0 unspecified atom stereocenters. The van der Waals surface area contributed by atoms with Crippen LogP contribution in [0.3, 0.4) is 0 Å². The summed E-state index contributed by atoms with van der Waals surface area (Å²) in [5.41, 5.74) is 2.01. The van der Waals surface area contributed by atoms with Crippen LogP contribution >= 0.6 is 22.9 Å². The lowest BCUT2D eigenvalue weighted by Gasteiger charge is -1.99. The first-order valence-corrected chi connectivity index (χ1v) is 6.39. The summed E-state index contributed by atoms with van der Waals surface area (Å²) in [4.78, 5) is 4.50. The first-order valence-electron chi connectivity index (χ1n) is 5.19. The Bertz CT molecular complexity index is 649. The van der Waals surface area contributed by atoms with Crippen LogP contribution in [0.2, 0.25) is 5.02 Å². The lowest BCUT2D eigenvalue weighted by atomic mass is 10.3. The summed E-state index contributed by atoms with van der Waals surface area (Å²) >= 11 is 7.55. The number of thiazole rings is 1. The zero-order valence-corrected chi connectivity index (χ0v) is 10.4. The Labute approximate surface area is 108 Å². The van der Waals surface area contributed by atoms with Crippen LogP contribution in [0.15, 0.2) is 48.5 Å². The van der Waals surface area contributed by atoms with Gasteiger partial charge in [0.15, 0.2) is 5.13 Å². The van der Waals surface area contributed by atoms with Crippen LogP contribution in [0.5, 0.6) is 0 Å². The average Bonchev–Trinajstić information content (AvgIpc) is 2.71. The van der Waals surface area contributed by atoms with Crippen LogP contribution in [-0.4, -0.2) is 4.98 Å². The van der Waals surface area contributed by atoms with Crippen LogP contribution in [0.4, 0.5) is 10.8 Å². The summed E-state index contributed by atoms with van der Waals surface area (Å²) in [5.74, 6) is 0. The number of hydrogen-bond acceptors (Lipinski definition) is 3. The Hall–Kier alpha value is -1.58. The van der Waals surface area contributed by atoms with Crippen LogP contribution < -0.4 is 5.32 Å². The predicted molar refractivity (Wildman–Crippen MR) is 74.4 cm³/mol. The molecule has 2 nitrogen and oxygen atoms in total. The topological polar surface area (TPSA) is 24.9 Å². The van der Waals surface area contributed by atoms with Crippen molar-refractivity contribution < 1.29 is 0 Å². The van der Waals surface area contributed by atoms with E-state index >= 15 is 0 Å². The second-order valence-electron chi connectivity index (χ2n) is 3.62. The standard InChI is InChI=1S/C13H9ClN2S/c14-9-6-7-11-12(8-9)17-13(16-11)15-10-4-2-1-3-5-10/h1-8H,(H,15,16). The summed E-state index contributed by atoms with van der Waals surface area (Å²) in [6.45, 7) is 0. The number of halogens is 1. The number of rotatable bonds is 2.